The molecule has 0 aliphatic carbocycles. The van der Waals surface area contributed by atoms with Crippen LogP contribution in [0, 0.1) is 0 Å². The normalized spacial score (nSPS) is 11.1. The van der Waals surface area contributed by atoms with Gasteiger partial charge in [0.25, 0.3) is 11.8 Å². The molecule has 2 amide bonds. The summed E-state index contributed by atoms with van der Waals surface area (Å²) in [5, 5.41) is 4.65. The third-order valence-electron chi connectivity index (χ3n) is 4.13. The van der Waals surface area contributed by atoms with E-state index in [-0.39, 0.29) is 17.2 Å². The molecule has 0 atom stereocenters. The molecule has 3 aromatic rings. The summed E-state index contributed by atoms with van der Waals surface area (Å²) in [6, 6.07) is 10.6. The molecule has 0 fully saturated rings. The second-order valence-electron chi connectivity index (χ2n) is 7.36. The summed E-state index contributed by atoms with van der Waals surface area (Å²) in [5.41, 5.74) is 1.26. The Kier molecular flexibility index (Phi) is 5.56. The predicted molar refractivity (Wildman–Crippen MR) is 112 cm³/mol. The highest BCUT2D eigenvalue weighted by atomic mass is 32.1. The zero-order chi connectivity index (χ0) is 20.3. The summed E-state index contributed by atoms with van der Waals surface area (Å²) in [4.78, 5) is 36.2. The molecule has 0 bridgehead atoms. The molecule has 0 spiro atoms. The lowest BCUT2D eigenvalue weighted by Crippen LogP contribution is -2.28. The smallest absolute Gasteiger partial charge is 0.268 e. The lowest BCUT2D eigenvalue weighted by atomic mass is 9.96. The van der Waals surface area contributed by atoms with Gasteiger partial charge < -0.3 is 10.2 Å². The number of benzene rings is 1. The Morgan fingerprint density at radius 1 is 1.04 bits per heavy atom. The first-order valence-corrected chi connectivity index (χ1v) is 9.70. The Balaban J connectivity index is 1.82. The van der Waals surface area contributed by atoms with Crippen LogP contribution in [0.2, 0.25) is 0 Å². The van der Waals surface area contributed by atoms with Crippen LogP contribution in [0.4, 0.5) is 11.4 Å². The Morgan fingerprint density at radius 3 is 2.32 bits per heavy atom. The maximum atomic E-state index is 12.8. The van der Waals surface area contributed by atoms with Crippen molar-refractivity contribution in [1.82, 2.24) is 9.97 Å². The second kappa shape index (κ2) is 7.90. The van der Waals surface area contributed by atoms with Gasteiger partial charge in [-0.15, -0.1) is 11.3 Å². The molecule has 0 saturated carbocycles. The molecule has 2 aromatic heterocycles. The quantitative estimate of drug-likeness (QED) is 0.713. The SMILES string of the molecule is CN(C(=O)c1cccs1)c1ccccc1C(=O)Nc1cnc(C(C)(C)C)nc1. The van der Waals surface area contributed by atoms with Crippen molar-refractivity contribution in [3.05, 3.63) is 70.4 Å². The topological polar surface area (TPSA) is 75.2 Å². The third kappa shape index (κ3) is 4.26. The van der Waals surface area contributed by atoms with Gasteiger partial charge in [-0.2, -0.15) is 0 Å². The zero-order valence-corrected chi connectivity index (χ0v) is 17.1. The minimum absolute atomic E-state index is 0.159. The molecule has 0 aliphatic rings. The van der Waals surface area contributed by atoms with E-state index in [0.717, 1.165) is 0 Å². The highest BCUT2D eigenvalue weighted by Gasteiger charge is 2.21. The first-order chi connectivity index (χ1) is 13.3. The van der Waals surface area contributed by atoms with Crippen molar-refractivity contribution in [1.29, 1.82) is 0 Å². The van der Waals surface area contributed by atoms with E-state index in [4.69, 9.17) is 0 Å². The summed E-state index contributed by atoms with van der Waals surface area (Å²) in [7, 11) is 1.66. The van der Waals surface area contributed by atoms with E-state index in [1.807, 2.05) is 32.2 Å². The van der Waals surface area contributed by atoms with Crippen LogP contribution in [-0.2, 0) is 5.41 Å². The lowest BCUT2D eigenvalue weighted by Gasteiger charge is -2.20. The van der Waals surface area contributed by atoms with E-state index >= 15 is 0 Å². The number of para-hydroxylation sites is 1. The van der Waals surface area contributed by atoms with Gasteiger partial charge in [0.1, 0.15) is 5.82 Å². The van der Waals surface area contributed by atoms with Gasteiger partial charge in [0, 0.05) is 12.5 Å². The molecule has 0 radical (unpaired) electrons. The van der Waals surface area contributed by atoms with E-state index in [1.165, 1.54) is 16.2 Å². The second-order valence-corrected chi connectivity index (χ2v) is 8.31. The summed E-state index contributed by atoms with van der Waals surface area (Å²) in [5.74, 6) is 0.217. The Labute approximate surface area is 168 Å². The van der Waals surface area contributed by atoms with Crippen molar-refractivity contribution < 1.29 is 9.59 Å². The van der Waals surface area contributed by atoms with Crippen molar-refractivity contribution in [2.45, 2.75) is 26.2 Å². The van der Waals surface area contributed by atoms with E-state index < -0.39 is 0 Å². The van der Waals surface area contributed by atoms with Crippen molar-refractivity contribution in [3.8, 4) is 0 Å². The average molecular weight is 395 g/mol. The maximum Gasteiger partial charge on any atom is 0.268 e. The van der Waals surface area contributed by atoms with Crippen molar-refractivity contribution in [3.63, 3.8) is 0 Å². The number of hydrogen-bond acceptors (Lipinski definition) is 5. The Morgan fingerprint density at radius 2 is 1.71 bits per heavy atom. The average Bonchev–Trinajstić information content (AvgIpc) is 3.21. The molecule has 1 N–H and O–H groups in total. The Hall–Kier alpha value is -3.06. The van der Waals surface area contributed by atoms with Crippen LogP contribution >= 0.6 is 11.3 Å². The zero-order valence-electron chi connectivity index (χ0n) is 16.3. The van der Waals surface area contributed by atoms with E-state index in [2.05, 4.69) is 15.3 Å². The molecule has 7 heteroatoms. The standard InChI is InChI=1S/C21H22N4O2S/c1-21(2,3)20-22-12-14(13-23-20)24-18(26)15-8-5-6-9-16(15)25(4)19(27)17-10-7-11-28-17/h5-13H,1-4H3,(H,24,26). The van der Waals surface area contributed by atoms with Crippen molar-refractivity contribution in [2.24, 2.45) is 0 Å². The molecule has 2 heterocycles. The number of carbonyl (C=O) groups excluding carboxylic acids is 2. The minimum atomic E-state index is -0.325. The highest BCUT2D eigenvalue weighted by Crippen LogP contribution is 2.24. The molecule has 6 nitrogen and oxygen atoms in total. The molecular formula is C21H22N4O2S. The largest absolute Gasteiger partial charge is 0.319 e. The molecule has 0 unspecified atom stereocenters. The maximum absolute atomic E-state index is 12.8. The Bertz CT molecular complexity index is 976. The monoisotopic (exact) mass is 394 g/mol. The van der Waals surface area contributed by atoms with E-state index in [1.54, 1.807) is 49.8 Å². The summed E-state index contributed by atoms with van der Waals surface area (Å²) in [6.07, 6.45) is 3.18. The van der Waals surface area contributed by atoms with Crippen LogP contribution in [0.25, 0.3) is 0 Å². The fourth-order valence-corrected chi connectivity index (χ4v) is 3.31. The van der Waals surface area contributed by atoms with Gasteiger partial charge in [-0.3, -0.25) is 9.59 Å². The fraction of sp³-hybridized carbons (Fsp3) is 0.238. The first kappa shape index (κ1) is 19.7. The van der Waals surface area contributed by atoms with Gasteiger partial charge in [0.05, 0.1) is 34.2 Å². The molecule has 1 aromatic carbocycles. The van der Waals surface area contributed by atoms with Gasteiger partial charge in [0.15, 0.2) is 0 Å². The molecule has 0 aliphatic heterocycles. The van der Waals surface area contributed by atoms with Crippen LogP contribution in [0.1, 0.15) is 46.6 Å². The minimum Gasteiger partial charge on any atom is -0.319 e. The van der Waals surface area contributed by atoms with E-state index in [9.17, 15) is 9.59 Å². The van der Waals surface area contributed by atoms with Gasteiger partial charge in [-0.1, -0.05) is 39.0 Å². The number of carbonyl (C=O) groups is 2. The summed E-state index contributed by atoms with van der Waals surface area (Å²) >= 11 is 1.37. The molecule has 28 heavy (non-hydrogen) atoms. The predicted octanol–water partition coefficient (Wildman–Crippen LogP) is 4.36. The number of aromatic nitrogens is 2. The molecule has 0 saturated heterocycles. The van der Waals surface area contributed by atoms with Crippen LogP contribution < -0.4 is 10.2 Å². The highest BCUT2D eigenvalue weighted by molar-refractivity contribution is 7.12. The van der Waals surface area contributed by atoms with Crippen molar-refractivity contribution in [2.75, 3.05) is 17.3 Å². The summed E-state index contributed by atoms with van der Waals surface area (Å²) < 4.78 is 0. The van der Waals surface area contributed by atoms with Gasteiger partial charge in [-0.05, 0) is 23.6 Å². The number of thiophene rings is 1. The number of amides is 2. The number of nitrogens with one attached hydrogen (secondary N) is 1. The number of nitrogens with zero attached hydrogens (tertiary/aromatic N) is 3. The number of anilines is 2. The fourth-order valence-electron chi connectivity index (χ4n) is 2.61. The van der Waals surface area contributed by atoms with Gasteiger partial charge >= 0.3 is 0 Å². The van der Waals surface area contributed by atoms with Crippen LogP contribution in [-0.4, -0.2) is 28.8 Å². The van der Waals surface area contributed by atoms with Crippen LogP contribution in [0.5, 0.6) is 0 Å². The number of hydrogen-bond donors (Lipinski definition) is 1. The number of rotatable bonds is 4. The van der Waals surface area contributed by atoms with Crippen LogP contribution in [0.3, 0.4) is 0 Å². The summed E-state index contributed by atoms with van der Waals surface area (Å²) in [6.45, 7) is 6.08. The first-order valence-electron chi connectivity index (χ1n) is 8.82. The third-order valence-corrected chi connectivity index (χ3v) is 4.99. The van der Waals surface area contributed by atoms with Crippen LogP contribution in [0.15, 0.2) is 54.2 Å². The molecule has 3 rings (SSSR count). The van der Waals surface area contributed by atoms with E-state index in [0.29, 0.717) is 27.6 Å². The molecule has 144 valence electrons. The lowest BCUT2D eigenvalue weighted by molar-refractivity contribution is 0.0996. The molecular weight excluding hydrogens is 372 g/mol. The van der Waals surface area contributed by atoms with Crippen molar-refractivity contribution >= 4 is 34.5 Å². The van der Waals surface area contributed by atoms with Gasteiger partial charge in [0.2, 0.25) is 0 Å². The van der Waals surface area contributed by atoms with Gasteiger partial charge in [-0.25, -0.2) is 9.97 Å².